The summed E-state index contributed by atoms with van der Waals surface area (Å²) in [7, 11) is 0. The molecule has 0 aliphatic rings. The average molecular weight is 351 g/mol. The van der Waals surface area contributed by atoms with Crippen molar-refractivity contribution < 1.29 is 9.90 Å². The Labute approximate surface area is 144 Å². The normalized spacial score (nSPS) is 11.7. The smallest absolute Gasteiger partial charge is 0.275 e. The molecule has 0 fully saturated rings. The summed E-state index contributed by atoms with van der Waals surface area (Å²) in [5.41, 5.74) is 2.18. The second kappa shape index (κ2) is 7.40. The number of aliphatic hydroxyl groups excluding tert-OH is 1. The summed E-state index contributed by atoms with van der Waals surface area (Å²) in [6, 6.07) is 12.2. The molecular weight excluding hydrogens is 335 g/mol. The van der Waals surface area contributed by atoms with Gasteiger partial charge in [-0.05, 0) is 44.2 Å². The zero-order chi connectivity index (χ0) is 17.0. The third kappa shape index (κ3) is 4.65. The molecule has 0 unspecified atom stereocenters. The van der Waals surface area contributed by atoms with E-state index in [9.17, 15) is 9.90 Å². The van der Waals surface area contributed by atoms with Gasteiger partial charge in [0.25, 0.3) is 5.91 Å². The number of allylic oxidation sites excluding steroid dienone is 1. The molecule has 1 amide bonds. The molecule has 0 aliphatic carbocycles. The van der Waals surface area contributed by atoms with Crippen molar-refractivity contribution in [2.45, 2.75) is 13.8 Å². The number of rotatable bonds is 4. The number of carbonyl (C=O) groups excluding carboxylic acids is 1. The monoisotopic (exact) mass is 350 g/mol. The quantitative estimate of drug-likeness (QED) is 0.528. The molecule has 0 aromatic heterocycles. The van der Waals surface area contributed by atoms with Crippen molar-refractivity contribution in [1.29, 1.82) is 0 Å². The van der Waals surface area contributed by atoms with Crippen LogP contribution in [0.4, 0.5) is 11.4 Å². The van der Waals surface area contributed by atoms with Gasteiger partial charge in [0.15, 0.2) is 0 Å². The van der Waals surface area contributed by atoms with Crippen molar-refractivity contribution in [3.05, 3.63) is 69.5 Å². The Morgan fingerprint density at radius 3 is 2.30 bits per heavy atom. The van der Waals surface area contributed by atoms with Crippen molar-refractivity contribution in [3.8, 4) is 0 Å². The number of amides is 1. The molecule has 0 bridgehead atoms. The van der Waals surface area contributed by atoms with E-state index in [0.717, 1.165) is 5.56 Å². The lowest BCUT2D eigenvalue weighted by atomic mass is 10.2. The van der Waals surface area contributed by atoms with E-state index < -0.39 is 5.91 Å². The fraction of sp³-hybridized carbons (Fsp3) is 0.118. The fourth-order valence-corrected chi connectivity index (χ4v) is 2.21. The van der Waals surface area contributed by atoms with Gasteiger partial charge in [-0.3, -0.25) is 4.79 Å². The van der Waals surface area contributed by atoms with E-state index in [0.29, 0.717) is 21.4 Å². The third-order valence-corrected chi connectivity index (χ3v) is 3.65. The van der Waals surface area contributed by atoms with Crippen LogP contribution in [0.5, 0.6) is 0 Å². The first-order chi connectivity index (χ1) is 10.9. The topological polar surface area (TPSA) is 61.4 Å². The molecule has 2 aromatic rings. The lowest BCUT2D eigenvalue weighted by molar-refractivity contribution is -0.112. The van der Waals surface area contributed by atoms with Crippen molar-refractivity contribution in [3.63, 3.8) is 0 Å². The zero-order valence-corrected chi connectivity index (χ0v) is 14.2. The van der Waals surface area contributed by atoms with E-state index in [1.54, 1.807) is 12.1 Å². The van der Waals surface area contributed by atoms with E-state index in [2.05, 4.69) is 10.6 Å². The van der Waals surface area contributed by atoms with Gasteiger partial charge in [0.1, 0.15) is 11.5 Å². The summed E-state index contributed by atoms with van der Waals surface area (Å²) in [5, 5.41) is 16.1. The van der Waals surface area contributed by atoms with Gasteiger partial charge in [-0.2, -0.15) is 0 Å². The van der Waals surface area contributed by atoms with Gasteiger partial charge in [-0.15, -0.1) is 0 Å². The number of aliphatic hydroxyl groups is 1. The number of halogens is 2. The summed E-state index contributed by atoms with van der Waals surface area (Å²) in [4.78, 5) is 12.4. The van der Waals surface area contributed by atoms with Crippen molar-refractivity contribution in [2.24, 2.45) is 0 Å². The van der Waals surface area contributed by atoms with Crippen LogP contribution >= 0.6 is 23.2 Å². The predicted molar refractivity (Wildman–Crippen MR) is 95.2 cm³/mol. The number of hydrogen-bond donors (Lipinski definition) is 3. The molecule has 0 spiro atoms. The average Bonchev–Trinajstić information content (AvgIpc) is 2.50. The minimum atomic E-state index is -0.519. The Morgan fingerprint density at radius 2 is 1.70 bits per heavy atom. The van der Waals surface area contributed by atoms with E-state index in [-0.39, 0.29) is 11.5 Å². The molecule has 3 N–H and O–H groups in total. The fourth-order valence-electron chi connectivity index (χ4n) is 1.87. The molecule has 6 heteroatoms. The van der Waals surface area contributed by atoms with Gasteiger partial charge in [-0.1, -0.05) is 40.9 Å². The van der Waals surface area contributed by atoms with Gasteiger partial charge in [0, 0.05) is 10.7 Å². The molecule has 0 atom stereocenters. The predicted octanol–water partition coefficient (Wildman–Crippen LogP) is 5.14. The number of benzene rings is 2. The maximum Gasteiger partial charge on any atom is 0.275 e. The third-order valence-electron chi connectivity index (χ3n) is 3.09. The first-order valence-electron chi connectivity index (χ1n) is 6.87. The number of hydrogen-bond acceptors (Lipinski definition) is 3. The van der Waals surface area contributed by atoms with Gasteiger partial charge >= 0.3 is 0 Å². The minimum Gasteiger partial charge on any atom is -0.510 e. The Morgan fingerprint density at radius 1 is 1.04 bits per heavy atom. The van der Waals surface area contributed by atoms with E-state index in [4.69, 9.17) is 23.2 Å². The van der Waals surface area contributed by atoms with Crippen molar-refractivity contribution >= 4 is 40.5 Å². The molecule has 0 heterocycles. The highest BCUT2D eigenvalue weighted by molar-refractivity contribution is 6.35. The van der Waals surface area contributed by atoms with E-state index >= 15 is 0 Å². The van der Waals surface area contributed by atoms with Crippen LogP contribution in [0, 0.1) is 6.92 Å². The van der Waals surface area contributed by atoms with Crippen LogP contribution in [0.3, 0.4) is 0 Å². The molecule has 23 heavy (non-hydrogen) atoms. The first kappa shape index (κ1) is 17.2. The zero-order valence-electron chi connectivity index (χ0n) is 12.7. The second-order valence-corrected chi connectivity index (χ2v) is 5.87. The lowest BCUT2D eigenvalue weighted by Gasteiger charge is -2.13. The maximum absolute atomic E-state index is 12.4. The Balaban J connectivity index is 2.21. The van der Waals surface area contributed by atoms with Gasteiger partial charge in [-0.25, -0.2) is 0 Å². The van der Waals surface area contributed by atoms with Crippen LogP contribution in [0.1, 0.15) is 12.5 Å². The van der Waals surface area contributed by atoms with Crippen LogP contribution in [0.15, 0.2) is 53.9 Å². The van der Waals surface area contributed by atoms with Crippen molar-refractivity contribution in [2.75, 3.05) is 10.6 Å². The van der Waals surface area contributed by atoms with Gasteiger partial charge < -0.3 is 15.7 Å². The second-order valence-electron chi connectivity index (χ2n) is 5.03. The number of nitrogens with one attached hydrogen (secondary N) is 2. The summed E-state index contributed by atoms with van der Waals surface area (Å²) in [6.07, 6.45) is 0. The minimum absolute atomic E-state index is 0.0323. The Bertz CT molecular complexity index is 752. The molecule has 0 aliphatic heterocycles. The summed E-state index contributed by atoms with van der Waals surface area (Å²) in [6.45, 7) is 3.39. The highest BCUT2D eigenvalue weighted by Gasteiger charge is 2.15. The Hall–Kier alpha value is -2.17. The number of anilines is 2. The van der Waals surface area contributed by atoms with Gasteiger partial charge in [0.2, 0.25) is 0 Å². The Kier molecular flexibility index (Phi) is 5.53. The molecule has 0 saturated heterocycles. The van der Waals surface area contributed by atoms with Crippen LogP contribution in [0.25, 0.3) is 0 Å². The van der Waals surface area contributed by atoms with Crippen LogP contribution in [0.2, 0.25) is 10.0 Å². The van der Waals surface area contributed by atoms with Gasteiger partial charge in [0.05, 0.1) is 10.7 Å². The van der Waals surface area contributed by atoms with Crippen LogP contribution in [-0.4, -0.2) is 11.0 Å². The molecule has 4 nitrogen and oxygen atoms in total. The molecule has 0 saturated carbocycles. The van der Waals surface area contributed by atoms with E-state index in [1.165, 1.54) is 13.0 Å². The standard InChI is InChI=1S/C17H16Cl2N2O2/c1-10-3-6-13(7-4-10)20-16(11(2)22)17(23)21-15-9-12(18)5-8-14(15)19/h3-9,20,22H,1-2H3,(H,21,23)/b16-11+. The SMILES string of the molecule is C/C(O)=C(\Nc1ccc(C)cc1)C(=O)Nc1cc(Cl)ccc1Cl. The summed E-state index contributed by atoms with van der Waals surface area (Å²) in [5.74, 6) is -0.657. The van der Waals surface area contributed by atoms with Crippen molar-refractivity contribution in [1.82, 2.24) is 0 Å². The lowest BCUT2D eigenvalue weighted by Crippen LogP contribution is -2.21. The van der Waals surface area contributed by atoms with Crippen LogP contribution in [-0.2, 0) is 4.79 Å². The molecule has 2 rings (SSSR count). The molecule has 2 aromatic carbocycles. The highest BCUT2D eigenvalue weighted by atomic mass is 35.5. The highest BCUT2D eigenvalue weighted by Crippen LogP contribution is 2.26. The molecule has 120 valence electrons. The van der Waals surface area contributed by atoms with E-state index in [1.807, 2.05) is 31.2 Å². The summed E-state index contributed by atoms with van der Waals surface area (Å²) >= 11 is 11.9. The molecule has 0 radical (unpaired) electrons. The van der Waals surface area contributed by atoms with Crippen LogP contribution < -0.4 is 10.6 Å². The maximum atomic E-state index is 12.4. The molecular formula is C17H16Cl2N2O2. The number of aryl methyl sites for hydroxylation is 1. The largest absolute Gasteiger partial charge is 0.510 e. The number of carbonyl (C=O) groups is 1. The first-order valence-corrected chi connectivity index (χ1v) is 7.62. The summed E-state index contributed by atoms with van der Waals surface area (Å²) < 4.78 is 0.